The van der Waals surface area contributed by atoms with Crippen molar-refractivity contribution < 1.29 is 27.8 Å². The van der Waals surface area contributed by atoms with E-state index in [2.05, 4.69) is 4.74 Å². The van der Waals surface area contributed by atoms with Crippen LogP contribution in [0.2, 0.25) is 0 Å². The molecule has 0 bridgehead atoms. The van der Waals surface area contributed by atoms with Crippen molar-refractivity contribution in [1.82, 2.24) is 4.90 Å². The molecule has 0 aromatic carbocycles. The third-order valence-electron chi connectivity index (χ3n) is 2.06. The highest BCUT2D eigenvalue weighted by atomic mass is 19.4. The van der Waals surface area contributed by atoms with Crippen molar-refractivity contribution >= 4 is 5.97 Å². The van der Waals surface area contributed by atoms with Gasteiger partial charge < -0.3 is 9.84 Å². The van der Waals surface area contributed by atoms with Crippen molar-refractivity contribution in [3.05, 3.63) is 0 Å². The summed E-state index contributed by atoms with van der Waals surface area (Å²) in [4.78, 5) is 12.2. The van der Waals surface area contributed by atoms with Gasteiger partial charge in [-0.1, -0.05) is 6.92 Å². The number of hydrogen-bond donors (Lipinski definition) is 1. The van der Waals surface area contributed by atoms with Crippen LogP contribution in [0.25, 0.3) is 0 Å². The summed E-state index contributed by atoms with van der Waals surface area (Å²) < 4.78 is 39.5. The Morgan fingerprint density at radius 2 is 2.06 bits per heavy atom. The molecule has 0 aromatic rings. The topological polar surface area (TPSA) is 49.8 Å². The quantitative estimate of drug-likeness (QED) is 0.686. The minimum atomic E-state index is -4.34. The van der Waals surface area contributed by atoms with E-state index in [0.717, 1.165) is 0 Å². The molecular formula is C9H16F3NO3. The number of alkyl halides is 3. The minimum absolute atomic E-state index is 0.139. The maximum Gasteiger partial charge on any atom is 0.411 e. The highest BCUT2D eigenvalue weighted by Crippen LogP contribution is 2.14. The van der Waals surface area contributed by atoms with Crippen molar-refractivity contribution in [2.45, 2.75) is 25.6 Å². The Morgan fingerprint density at radius 1 is 1.50 bits per heavy atom. The summed E-state index contributed by atoms with van der Waals surface area (Å²) in [6, 6.07) is -0.686. The first-order valence-corrected chi connectivity index (χ1v) is 4.85. The predicted octanol–water partition coefficient (Wildman–Crippen LogP) is 1.36. The third kappa shape index (κ3) is 6.62. The van der Waals surface area contributed by atoms with Gasteiger partial charge in [-0.3, -0.25) is 9.69 Å². The minimum Gasteiger partial charge on any atom is -0.480 e. The van der Waals surface area contributed by atoms with E-state index in [4.69, 9.17) is 5.11 Å². The fourth-order valence-corrected chi connectivity index (χ4v) is 1.23. The zero-order chi connectivity index (χ0) is 12.8. The molecule has 0 amide bonds. The maximum atomic E-state index is 11.7. The third-order valence-corrected chi connectivity index (χ3v) is 2.06. The predicted molar refractivity (Wildman–Crippen MR) is 51.2 cm³/mol. The fraction of sp³-hybridized carbons (Fsp3) is 0.889. The van der Waals surface area contributed by atoms with E-state index in [0.29, 0.717) is 6.42 Å². The van der Waals surface area contributed by atoms with Gasteiger partial charge in [0.15, 0.2) is 0 Å². The average Bonchev–Trinajstić information content (AvgIpc) is 2.11. The van der Waals surface area contributed by atoms with Gasteiger partial charge in [-0.15, -0.1) is 0 Å². The van der Waals surface area contributed by atoms with Gasteiger partial charge in [0.2, 0.25) is 0 Å². The molecule has 0 rings (SSSR count). The van der Waals surface area contributed by atoms with E-state index in [-0.39, 0.29) is 13.2 Å². The van der Waals surface area contributed by atoms with E-state index in [1.165, 1.54) is 4.90 Å². The highest BCUT2D eigenvalue weighted by molar-refractivity contribution is 5.73. The Morgan fingerprint density at radius 3 is 2.44 bits per heavy atom. The summed E-state index contributed by atoms with van der Waals surface area (Å²) in [6.45, 7) is 0.414. The molecule has 0 aromatic heterocycles. The van der Waals surface area contributed by atoms with E-state index in [1.807, 2.05) is 0 Å². The van der Waals surface area contributed by atoms with Gasteiger partial charge in [-0.05, 0) is 13.5 Å². The molecule has 0 spiro atoms. The molecule has 0 saturated carbocycles. The summed E-state index contributed by atoms with van der Waals surface area (Å²) in [5.74, 6) is -0.985. The molecule has 0 radical (unpaired) electrons. The number of nitrogens with zero attached hydrogens (tertiary/aromatic N) is 1. The second-order valence-corrected chi connectivity index (χ2v) is 3.41. The first-order valence-electron chi connectivity index (χ1n) is 4.85. The van der Waals surface area contributed by atoms with Gasteiger partial charge >= 0.3 is 12.1 Å². The Balaban J connectivity index is 3.80. The average molecular weight is 243 g/mol. The molecule has 1 N–H and O–H groups in total. The van der Waals surface area contributed by atoms with Crippen molar-refractivity contribution in [3.8, 4) is 0 Å². The van der Waals surface area contributed by atoms with E-state index >= 15 is 0 Å². The number of aliphatic carboxylic acids is 1. The molecule has 0 aliphatic rings. The van der Waals surface area contributed by atoms with Crippen molar-refractivity contribution in [2.24, 2.45) is 0 Å². The number of rotatable bonds is 7. The van der Waals surface area contributed by atoms with Crippen LogP contribution in [0.1, 0.15) is 13.3 Å². The standard InChI is InChI=1S/C9H16F3NO3/c1-3-7(8(14)15)13(2)4-5-16-6-9(10,11)12/h7H,3-6H2,1-2H3,(H,14,15). The largest absolute Gasteiger partial charge is 0.480 e. The Labute approximate surface area is 92.0 Å². The lowest BCUT2D eigenvalue weighted by molar-refractivity contribution is -0.175. The SMILES string of the molecule is CCC(C(=O)O)N(C)CCOCC(F)(F)F. The van der Waals surface area contributed by atoms with Crippen LogP contribution in [0, 0.1) is 0 Å². The molecule has 4 nitrogen and oxygen atoms in total. The lowest BCUT2D eigenvalue weighted by Gasteiger charge is -2.23. The summed E-state index contributed by atoms with van der Waals surface area (Å²) in [5, 5.41) is 8.77. The van der Waals surface area contributed by atoms with Crippen molar-refractivity contribution in [2.75, 3.05) is 26.8 Å². The van der Waals surface area contributed by atoms with Gasteiger partial charge in [0.25, 0.3) is 0 Å². The van der Waals surface area contributed by atoms with Crippen LogP contribution in [0.15, 0.2) is 0 Å². The molecule has 0 saturated heterocycles. The smallest absolute Gasteiger partial charge is 0.411 e. The van der Waals surface area contributed by atoms with Crippen LogP contribution in [0.5, 0.6) is 0 Å². The second kappa shape index (κ2) is 6.70. The van der Waals surface area contributed by atoms with E-state index in [9.17, 15) is 18.0 Å². The lowest BCUT2D eigenvalue weighted by atomic mass is 10.2. The summed E-state index contributed by atoms with van der Waals surface area (Å²) in [7, 11) is 1.54. The lowest BCUT2D eigenvalue weighted by Crippen LogP contribution is -2.40. The number of likely N-dealkylation sites (N-methyl/N-ethyl adjacent to an activating group) is 1. The monoisotopic (exact) mass is 243 g/mol. The number of carboxylic acid groups (broad SMARTS) is 1. The summed E-state index contributed by atoms with van der Waals surface area (Å²) >= 11 is 0. The zero-order valence-corrected chi connectivity index (χ0v) is 9.25. The van der Waals surface area contributed by atoms with Crippen LogP contribution < -0.4 is 0 Å². The van der Waals surface area contributed by atoms with Gasteiger partial charge in [0.1, 0.15) is 12.6 Å². The first-order chi connectivity index (χ1) is 7.28. The Hall–Kier alpha value is -0.820. The number of carboxylic acids is 1. The number of hydrogen-bond acceptors (Lipinski definition) is 3. The van der Waals surface area contributed by atoms with E-state index in [1.54, 1.807) is 14.0 Å². The van der Waals surface area contributed by atoms with Crippen molar-refractivity contribution in [1.29, 1.82) is 0 Å². The molecule has 0 heterocycles. The summed E-state index contributed by atoms with van der Waals surface area (Å²) in [6.07, 6.45) is -3.94. The first kappa shape index (κ1) is 15.2. The fourth-order valence-electron chi connectivity index (χ4n) is 1.23. The normalized spacial score (nSPS) is 14.1. The van der Waals surface area contributed by atoms with Crippen LogP contribution in [-0.2, 0) is 9.53 Å². The number of halogens is 3. The molecule has 0 aliphatic carbocycles. The Bertz CT molecular complexity index is 221. The summed E-state index contributed by atoms with van der Waals surface area (Å²) in [5.41, 5.74) is 0. The van der Waals surface area contributed by atoms with Gasteiger partial charge in [0, 0.05) is 6.54 Å². The molecule has 1 atom stereocenters. The van der Waals surface area contributed by atoms with Crippen LogP contribution in [0.3, 0.4) is 0 Å². The number of carbonyl (C=O) groups is 1. The molecule has 0 aliphatic heterocycles. The van der Waals surface area contributed by atoms with Crippen LogP contribution >= 0.6 is 0 Å². The zero-order valence-electron chi connectivity index (χ0n) is 9.25. The van der Waals surface area contributed by atoms with Gasteiger partial charge in [-0.2, -0.15) is 13.2 Å². The van der Waals surface area contributed by atoms with Gasteiger partial charge in [-0.25, -0.2) is 0 Å². The molecule has 7 heteroatoms. The molecule has 96 valence electrons. The van der Waals surface area contributed by atoms with Crippen LogP contribution in [0.4, 0.5) is 13.2 Å². The second-order valence-electron chi connectivity index (χ2n) is 3.41. The maximum absolute atomic E-state index is 11.7. The van der Waals surface area contributed by atoms with Gasteiger partial charge in [0.05, 0.1) is 6.61 Å². The number of ether oxygens (including phenoxy) is 1. The molecular weight excluding hydrogens is 227 g/mol. The highest BCUT2D eigenvalue weighted by Gasteiger charge is 2.27. The van der Waals surface area contributed by atoms with E-state index < -0.39 is 24.8 Å². The van der Waals surface area contributed by atoms with Crippen molar-refractivity contribution in [3.63, 3.8) is 0 Å². The van der Waals surface area contributed by atoms with Crippen LogP contribution in [-0.4, -0.2) is 55.0 Å². The molecule has 0 fully saturated rings. The Kier molecular flexibility index (Phi) is 6.35. The molecule has 16 heavy (non-hydrogen) atoms. The molecule has 1 unspecified atom stereocenters.